The van der Waals surface area contributed by atoms with Crippen LogP contribution in [-0.4, -0.2) is 18.1 Å². The molecule has 2 aromatic rings. The Labute approximate surface area is 101 Å². The molecule has 1 unspecified atom stereocenters. The molecule has 3 nitrogen and oxygen atoms in total. The number of piperidine rings is 1. The third-order valence-electron chi connectivity index (χ3n) is 3.67. The average Bonchev–Trinajstić information content (AvgIpc) is 2.74. The fraction of sp³-hybridized carbons (Fsp3) is 0.500. The molecule has 0 saturated carbocycles. The molecule has 1 aliphatic rings. The van der Waals surface area contributed by atoms with Gasteiger partial charge in [-0.15, -0.1) is 0 Å². The van der Waals surface area contributed by atoms with Crippen LogP contribution in [0.15, 0.2) is 16.5 Å². The summed E-state index contributed by atoms with van der Waals surface area (Å²) >= 11 is 0. The summed E-state index contributed by atoms with van der Waals surface area (Å²) in [6.07, 6.45) is 2.39. The highest BCUT2D eigenvalue weighted by molar-refractivity contribution is 5.74. The normalized spacial score (nSPS) is 20.9. The van der Waals surface area contributed by atoms with Crippen molar-refractivity contribution in [1.82, 2.24) is 10.3 Å². The molecule has 0 spiro atoms. The van der Waals surface area contributed by atoms with Crippen molar-refractivity contribution in [3.8, 4) is 0 Å². The van der Waals surface area contributed by atoms with Gasteiger partial charge in [-0.25, -0.2) is 4.98 Å². The van der Waals surface area contributed by atoms with Crippen molar-refractivity contribution in [3.63, 3.8) is 0 Å². The molecule has 1 aliphatic heterocycles. The van der Waals surface area contributed by atoms with Gasteiger partial charge in [-0.1, -0.05) is 0 Å². The molecule has 3 heteroatoms. The van der Waals surface area contributed by atoms with Crippen LogP contribution in [-0.2, 0) is 0 Å². The molecule has 1 aromatic heterocycles. The van der Waals surface area contributed by atoms with Gasteiger partial charge in [0.15, 0.2) is 11.5 Å². The van der Waals surface area contributed by atoms with Gasteiger partial charge in [0.05, 0.1) is 0 Å². The summed E-state index contributed by atoms with van der Waals surface area (Å²) < 4.78 is 5.89. The smallest absolute Gasteiger partial charge is 0.199 e. The highest BCUT2D eigenvalue weighted by Crippen LogP contribution is 2.27. The van der Waals surface area contributed by atoms with Crippen molar-refractivity contribution in [1.29, 1.82) is 0 Å². The standard InChI is InChI=1S/C14H18N2O/c1-9-6-12-13(7-10(9)2)17-14(16-12)11-4-3-5-15-8-11/h6-7,11,15H,3-5,8H2,1-2H3. The van der Waals surface area contributed by atoms with Crippen LogP contribution in [0.3, 0.4) is 0 Å². The van der Waals surface area contributed by atoms with Crippen LogP contribution in [0.2, 0.25) is 0 Å². The predicted octanol–water partition coefficient (Wildman–Crippen LogP) is 2.91. The van der Waals surface area contributed by atoms with Gasteiger partial charge in [0.1, 0.15) is 5.52 Å². The van der Waals surface area contributed by atoms with E-state index in [0.717, 1.165) is 30.1 Å². The minimum atomic E-state index is 0.441. The molecule has 3 rings (SSSR count). The lowest BCUT2D eigenvalue weighted by Crippen LogP contribution is -2.28. The van der Waals surface area contributed by atoms with E-state index in [-0.39, 0.29) is 0 Å². The monoisotopic (exact) mass is 230 g/mol. The molecular weight excluding hydrogens is 212 g/mol. The average molecular weight is 230 g/mol. The minimum Gasteiger partial charge on any atom is -0.440 e. The molecule has 1 atom stereocenters. The zero-order valence-electron chi connectivity index (χ0n) is 10.4. The van der Waals surface area contributed by atoms with Crippen molar-refractivity contribution in [2.24, 2.45) is 0 Å². The van der Waals surface area contributed by atoms with Crippen molar-refractivity contribution in [2.45, 2.75) is 32.6 Å². The Hall–Kier alpha value is -1.35. The number of fused-ring (bicyclic) bond motifs is 1. The third kappa shape index (κ3) is 1.95. The zero-order valence-corrected chi connectivity index (χ0v) is 10.4. The number of benzene rings is 1. The summed E-state index contributed by atoms with van der Waals surface area (Å²) in [5.41, 5.74) is 4.46. The number of aromatic nitrogens is 1. The van der Waals surface area contributed by atoms with E-state index in [4.69, 9.17) is 4.42 Å². The number of hydrogen-bond donors (Lipinski definition) is 1. The van der Waals surface area contributed by atoms with Crippen LogP contribution in [0, 0.1) is 13.8 Å². The fourth-order valence-corrected chi connectivity index (χ4v) is 2.43. The van der Waals surface area contributed by atoms with Crippen LogP contribution < -0.4 is 5.32 Å². The first-order chi connectivity index (χ1) is 8.24. The van der Waals surface area contributed by atoms with E-state index >= 15 is 0 Å². The Bertz CT molecular complexity index is 499. The SMILES string of the molecule is Cc1cc2nc(C3CCCNC3)oc2cc1C. The molecular formula is C14H18N2O. The molecule has 2 heterocycles. The Morgan fingerprint density at radius 2 is 2.12 bits per heavy atom. The van der Waals surface area contributed by atoms with E-state index in [1.54, 1.807) is 0 Å². The summed E-state index contributed by atoms with van der Waals surface area (Å²) in [5, 5.41) is 3.40. The van der Waals surface area contributed by atoms with Gasteiger partial charge in [0, 0.05) is 12.5 Å². The maximum atomic E-state index is 5.89. The Morgan fingerprint density at radius 3 is 2.88 bits per heavy atom. The highest BCUT2D eigenvalue weighted by atomic mass is 16.3. The van der Waals surface area contributed by atoms with Crippen LogP contribution in [0.5, 0.6) is 0 Å². The molecule has 0 radical (unpaired) electrons. The Balaban J connectivity index is 2.00. The first kappa shape index (κ1) is 10.8. The van der Waals surface area contributed by atoms with Crippen LogP contribution in [0.1, 0.15) is 35.8 Å². The summed E-state index contributed by atoms with van der Waals surface area (Å²) in [4.78, 5) is 4.63. The Morgan fingerprint density at radius 1 is 1.29 bits per heavy atom. The van der Waals surface area contributed by atoms with Gasteiger partial charge in [0.25, 0.3) is 0 Å². The van der Waals surface area contributed by atoms with Gasteiger partial charge < -0.3 is 9.73 Å². The van der Waals surface area contributed by atoms with E-state index < -0.39 is 0 Å². The van der Waals surface area contributed by atoms with Crippen LogP contribution in [0.4, 0.5) is 0 Å². The first-order valence-electron chi connectivity index (χ1n) is 6.32. The second kappa shape index (κ2) is 4.15. The number of hydrogen-bond acceptors (Lipinski definition) is 3. The lowest BCUT2D eigenvalue weighted by atomic mass is 10.00. The van der Waals surface area contributed by atoms with Gasteiger partial charge in [-0.2, -0.15) is 0 Å². The second-order valence-electron chi connectivity index (χ2n) is 5.00. The maximum Gasteiger partial charge on any atom is 0.199 e. The number of oxazole rings is 1. The van der Waals surface area contributed by atoms with E-state index in [0.29, 0.717) is 5.92 Å². The van der Waals surface area contributed by atoms with Gasteiger partial charge in [-0.3, -0.25) is 0 Å². The van der Waals surface area contributed by atoms with E-state index in [1.165, 1.54) is 24.0 Å². The number of rotatable bonds is 1. The lowest BCUT2D eigenvalue weighted by Gasteiger charge is -2.19. The largest absolute Gasteiger partial charge is 0.440 e. The second-order valence-corrected chi connectivity index (χ2v) is 5.00. The molecule has 17 heavy (non-hydrogen) atoms. The van der Waals surface area contributed by atoms with E-state index in [9.17, 15) is 0 Å². The fourth-order valence-electron chi connectivity index (χ4n) is 2.43. The first-order valence-corrected chi connectivity index (χ1v) is 6.32. The number of aryl methyl sites for hydroxylation is 2. The summed E-state index contributed by atoms with van der Waals surface area (Å²) in [6.45, 7) is 6.34. The Kier molecular flexibility index (Phi) is 2.63. The quantitative estimate of drug-likeness (QED) is 0.818. The van der Waals surface area contributed by atoms with Gasteiger partial charge in [0.2, 0.25) is 0 Å². The topological polar surface area (TPSA) is 38.1 Å². The van der Waals surface area contributed by atoms with Gasteiger partial charge >= 0.3 is 0 Å². The molecule has 1 fully saturated rings. The lowest BCUT2D eigenvalue weighted by molar-refractivity contribution is 0.387. The van der Waals surface area contributed by atoms with Crippen molar-refractivity contribution in [3.05, 3.63) is 29.2 Å². The van der Waals surface area contributed by atoms with E-state index in [1.807, 2.05) is 0 Å². The molecule has 1 N–H and O–H groups in total. The maximum absolute atomic E-state index is 5.89. The van der Waals surface area contributed by atoms with Gasteiger partial charge in [-0.05, 0) is 56.5 Å². The molecule has 1 saturated heterocycles. The molecule has 1 aromatic carbocycles. The third-order valence-corrected chi connectivity index (χ3v) is 3.67. The predicted molar refractivity (Wildman–Crippen MR) is 68.3 cm³/mol. The van der Waals surface area contributed by atoms with Crippen molar-refractivity contribution >= 4 is 11.1 Å². The van der Waals surface area contributed by atoms with Crippen LogP contribution in [0.25, 0.3) is 11.1 Å². The van der Waals surface area contributed by atoms with Crippen molar-refractivity contribution in [2.75, 3.05) is 13.1 Å². The summed E-state index contributed by atoms with van der Waals surface area (Å²) in [7, 11) is 0. The number of nitrogens with one attached hydrogen (secondary N) is 1. The van der Waals surface area contributed by atoms with E-state index in [2.05, 4.69) is 36.3 Å². The van der Waals surface area contributed by atoms with Crippen LogP contribution >= 0.6 is 0 Å². The minimum absolute atomic E-state index is 0.441. The summed E-state index contributed by atoms with van der Waals surface area (Å²) in [5.74, 6) is 1.34. The zero-order chi connectivity index (χ0) is 11.8. The highest BCUT2D eigenvalue weighted by Gasteiger charge is 2.20. The van der Waals surface area contributed by atoms with Crippen molar-refractivity contribution < 1.29 is 4.42 Å². The molecule has 90 valence electrons. The molecule has 0 aliphatic carbocycles. The summed E-state index contributed by atoms with van der Waals surface area (Å²) in [6, 6.07) is 4.21. The molecule has 0 bridgehead atoms. The molecule has 0 amide bonds. The number of nitrogens with zero attached hydrogens (tertiary/aromatic N) is 1.